The summed E-state index contributed by atoms with van der Waals surface area (Å²) in [6.07, 6.45) is 1.50. The summed E-state index contributed by atoms with van der Waals surface area (Å²) >= 11 is 9.55. The van der Waals surface area contributed by atoms with E-state index in [2.05, 4.69) is 39.4 Å². The van der Waals surface area contributed by atoms with Crippen LogP contribution in [0.5, 0.6) is 11.5 Å². The van der Waals surface area contributed by atoms with Gasteiger partial charge in [-0.25, -0.2) is 0 Å². The SMILES string of the molecule is CCOc1cc(/C=C(\C#N)C(=O)Nc2cccc(Cl)c2)cc(Br)c1OCc1cccc2ccccc12. The van der Waals surface area contributed by atoms with Gasteiger partial charge in [0.2, 0.25) is 0 Å². The smallest absolute Gasteiger partial charge is 0.266 e. The number of nitriles is 1. The van der Waals surface area contributed by atoms with Crippen LogP contribution in [0.15, 0.2) is 88.9 Å². The zero-order chi connectivity index (χ0) is 25.5. The van der Waals surface area contributed by atoms with Gasteiger partial charge in [0.1, 0.15) is 18.2 Å². The van der Waals surface area contributed by atoms with Crippen molar-refractivity contribution in [1.29, 1.82) is 5.26 Å². The molecule has 4 rings (SSSR count). The highest BCUT2D eigenvalue weighted by Crippen LogP contribution is 2.38. The van der Waals surface area contributed by atoms with Gasteiger partial charge in [0, 0.05) is 10.7 Å². The van der Waals surface area contributed by atoms with E-state index in [1.165, 1.54) is 6.08 Å². The maximum Gasteiger partial charge on any atom is 0.266 e. The molecule has 36 heavy (non-hydrogen) atoms. The minimum atomic E-state index is -0.537. The normalized spacial score (nSPS) is 11.1. The summed E-state index contributed by atoms with van der Waals surface area (Å²) in [4.78, 5) is 12.7. The van der Waals surface area contributed by atoms with Crippen molar-refractivity contribution in [2.75, 3.05) is 11.9 Å². The maximum absolute atomic E-state index is 12.7. The number of hydrogen-bond acceptors (Lipinski definition) is 4. The van der Waals surface area contributed by atoms with Gasteiger partial charge < -0.3 is 14.8 Å². The fourth-order valence-corrected chi connectivity index (χ4v) is 4.49. The number of benzene rings is 4. The van der Waals surface area contributed by atoms with E-state index in [1.807, 2.05) is 37.3 Å². The number of nitrogens with one attached hydrogen (secondary N) is 1. The summed E-state index contributed by atoms with van der Waals surface area (Å²) in [5.41, 5.74) is 2.10. The van der Waals surface area contributed by atoms with E-state index >= 15 is 0 Å². The largest absolute Gasteiger partial charge is 0.490 e. The molecule has 180 valence electrons. The molecule has 0 aliphatic heterocycles. The Morgan fingerprint density at radius 3 is 2.61 bits per heavy atom. The Hall–Kier alpha value is -3.79. The highest BCUT2D eigenvalue weighted by atomic mass is 79.9. The highest BCUT2D eigenvalue weighted by molar-refractivity contribution is 9.10. The topological polar surface area (TPSA) is 71.3 Å². The first-order valence-corrected chi connectivity index (χ1v) is 12.4. The molecule has 1 amide bonds. The van der Waals surface area contributed by atoms with Crippen molar-refractivity contribution in [3.8, 4) is 17.6 Å². The van der Waals surface area contributed by atoms with Crippen molar-refractivity contribution in [3.05, 3.63) is 105 Å². The molecule has 0 radical (unpaired) electrons. The quantitative estimate of drug-likeness (QED) is 0.176. The second kappa shape index (κ2) is 11.8. The minimum Gasteiger partial charge on any atom is -0.490 e. The van der Waals surface area contributed by atoms with Gasteiger partial charge in [-0.15, -0.1) is 0 Å². The highest BCUT2D eigenvalue weighted by Gasteiger charge is 2.15. The lowest BCUT2D eigenvalue weighted by atomic mass is 10.1. The molecule has 7 heteroatoms. The summed E-state index contributed by atoms with van der Waals surface area (Å²) in [5.74, 6) is 0.514. The van der Waals surface area contributed by atoms with E-state index < -0.39 is 5.91 Å². The van der Waals surface area contributed by atoms with Gasteiger partial charge in [-0.2, -0.15) is 5.26 Å². The van der Waals surface area contributed by atoms with Crippen LogP contribution in [-0.4, -0.2) is 12.5 Å². The molecule has 0 saturated heterocycles. The Morgan fingerprint density at radius 1 is 1.06 bits per heavy atom. The van der Waals surface area contributed by atoms with Crippen molar-refractivity contribution in [1.82, 2.24) is 0 Å². The second-order valence-corrected chi connectivity index (χ2v) is 9.12. The minimum absolute atomic E-state index is 0.0613. The number of halogens is 2. The number of hydrogen-bond donors (Lipinski definition) is 1. The first-order chi connectivity index (χ1) is 17.5. The van der Waals surface area contributed by atoms with E-state index in [1.54, 1.807) is 36.4 Å². The van der Waals surface area contributed by atoms with Crippen molar-refractivity contribution >= 4 is 56.0 Å². The first-order valence-electron chi connectivity index (χ1n) is 11.2. The zero-order valence-electron chi connectivity index (χ0n) is 19.4. The molecule has 0 spiro atoms. The maximum atomic E-state index is 12.7. The summed E-state index contributed by atoms with van der Waals surface area (Å²) in [7, 11) is 0. The van der Waals surface area contributed by atoms with Gasteiger partial charge in [-0.3, -0.25) is 4.79 Å². The van der Waals surface area contributed by atoms with Crippen LogP contribution in [0, 0.1) is 11.3 Å². The third-order valence-electron chi connectivity index (χ3n) is 5.34. The van der Waals surface area contributed by atoms with Crippen LogP contribution in [0.3, 0.4) is 0 Å². The van der Waals surface area contributed by atoms with E-state index in [9.17, 15) is 10.1 Å². The Bertz CT molecular complexity index is 1490. The van der Waals surface area contributed by atoms with Crippen LogP contribution in [-0.2, 0) is 11.4 Å². The molecule has 0 bridgehead atoms. The Morgan fingerprint density at radius 2 is 1.83 bits per heavy atom. The molecule has 4 aromatic rings. The van der Waals surface area contributed by atoms with Crippen LogP contribution in [0.4, 0.5) is 5.69 Å². The van der Waals surface area contributed by atoms with Gasteiger partial charge >= 0.3 is 0 Å². The third-order valence-corrected chi connectivity index (χ3v) is 6.17. The molecule has 0 heterocycles. The molecule has 0 aliphatic rings. The average molecular weight is 562 g/mol. The van der Waals surface area contributed by atoms with E-state index in [-0.39, 0.29) is 5.57 Å². The number of carbonyl (C=O) groups excluding carboxylic acids is 1. The van der Waals surface area contributed by atoms with Crippen molar-refractivity contribution in [2.45, 2.75) is 13.5 Å². The standard InChI is InChI=1S/C29H22BrClN2O3/c1-2-35-27-15-19(13-22(17-32)29(34)33-24-11-6-10-23(31)16-24)14-26(30)28(27)36-18-21-9-5-8-20-7-3-4-12-25(20)21/h3-16H,2,18H2,1H3,(H,33,34)/b22-13+. The average Bonchev–Trinajstić information content (AvgIpc) is 2.87. The van der Waals surface area contributed by atoms with Crippen molar-refractivity contribution < 1.29 is 14.3 Å². The van der Waals surface area contributed by atoms with Gasteiger partial charge in [-0.05, 0) is 81.2 Å². The molecule has 1 N–H and O–H groups in total. The molecule has 0 aromatic heterocycles. The predicted molar refractivity (Wildman–Crippen MR) is 147 cm³/mol. The lowest BCUT2D eigenvalue weighted by Gasteiger charge is -2.16. The summed E-state index contributed by atoms with van der Waals surface area (Å²) < 4.78 is 12.7. The monoisotopic (exact) mass is 560 g/mol. The molecule has 0 saturated carbocycles. The van der Waals surface area contributed by atoms with Crippen LogP contribution >= 0.6 is 27.5 Å². The lowest BCUT2D eigenvalue weighted by molar-refractivity contribution is -0.112. The summed E-state index contributed by atoms with van der Waals surface area (Å²) in [6.45, 7) is 2.65. The van der Waals surface area contributed by atoms with Gasteiger partial charge in [0.25, 0.3) is 5.91 Å². The fourth-order valence-electron chi connectivity index (χ4n) is 3.72. The van der Waals surface area contributed by atoms with Gasteiger partial charge in [0.15, 0.2) is 11.5 Å². The number of rotatable bonds is 8. The summed E-state index contributed by atoms with van der Waals surface area (Å²) in [5, 5.41) is 15.1. The number of amides is 1. The molecule has 0 unspecified atom stereocenters. The Balaban J connectivity index is 1.59. The number of ether oxygens (including phenoxy) is 2. The Labute approximate surface area is 223 Å². The number of carbonyl (C=O) groups is 1. The summed E-state index contributed by atoms with van der Waals surface area (Å²) in [6, 6.07) is 26.5. The van der Waals surface area contributed by atoms with Gasteiger partial charge in [-0.1, -0.05) is 60.1 Å². The molecular weight excluding hydrogens is 540 g/mol. The lowest BCUT2D eigenvalue weighted by Crippen LogP contribution is -2.13. The van der Waals surface area contributed by atoms with Crippen molar-refractivity contribution in [3.63, 3.8) is 0 Å². The van der Waals surface area contributed by atoms with Crippen LogP contribution in [0.25, 0.3) is 16.8 Å². The van der Waals surface area contributed by atoms with Crippen LogP contribution in [0.1, 0.15) is 18.1 Å². The van der Waals surface area contributed by atoms with Gasteiger partial charge in [0.05, 0.1) is 11.1 Å². The first kappa shape index (κ1) is 25.3. The number of fused-ring (bicyclic) bond motifs is 1. The fraction of sp³-hybridized carbons (Fsp3) is 0.103. The third kappa shape index (κ3) is 6.06. The molecule has 0 aliphatic carbocycles. The number of nitrogens with zero attached hydrogens (tertiary/aromatic N) is 1. The van der Waals surface area contributed by atoms with E-state index in [4.69, 9.17) is 21.1 Å². The van der Waals surface area contributed by atoms with Crippen LogP contribution in [0.2, 0.25) is 5.02 Å². The molecule has 0 atom stereocenters. The molecule has 0 fully saturated rings. The zero-order valence-corrected chi connectivity index (χ0v) is 21.8. The van der Waals surface area contributed by atoms with Crippen molar-refractivity contribution in [2.24, 2.45) is 0 Å². The Kier molecular flexibility index (Phi) is 8.27. The molecule has 4 aromatic carbocycles. The molecular formula is C29H22BrClN2O3. The number of anilines is 1. The van der Waals surface area contributed by atoms with E-state index in [0.29, 0.717) is 45.5 Å². The molecule has 5 nitrogen and oxygen atoms in total. The van der Waals surface area contributed by atoms with Crippen LogP contribution < -0.4 is 14.8 Å². The predicted octanol–water partition coefficient (Wildman–Crippen LogP) is 7.78. The second-order valence-electron chi connectivity index (χ2n) is 7.82. The van der Waals surface area contributed by atoms with E-state index in [0.717, 1.165) is 16.3 Å².